The van der Waals surface area contributed by atoms with Crippen molar-refractivity contribution < 1.29 is 4.79 Å². The van der Waals surface area contributed by atoms with E-state index in [4.69, 9.17) is 0 Å². The minimum Gasteiger partial charge on any atom is -0.300 e. The third-order valence-electron chi connectivity index (χ3n) is 4.19. The molecule has 2 heteroatoms. The van der Waals surface area contributed by atoms with E-state index in [0.717, 1.165) is 23.3 Å². The summed E-state index contributed by atoms with van der Waals surface area (Å²) in [6.07, 6.45) is 12.1. The van der Waals surface area contributed by atoms with Crippen molar-refractivity contribution in [3.05, 3.63) is 0 Å². The molecular formula is C14H24OS. The molecule has 2 fully saturated rings. The molecular weight excluding hydrogens is 216 g/mol. The van der Waals surface area contributed by atoms with Crippen LogP contribution in [0.25, 0.3) is 0 Å². The van der Waals surface area contributed by atoms with Gasteiger partial charge in [0.25, 0.3) is 0 Å². The van der Waals surface area contributed by atoms with Crippen LogP contribution in [0.15, 0.2) is 0 Å². The molecule has 0 spiro atoms. The fourth-order valence-corrected chi connectivity index (χ4v) is 4.77. The van der Waals surface area contributed by atoms with Crippen LogP contribution in [0.4, 0.5) is 0 Å². The first-order valence-electron chi connectivity index (χ1n) is 6.91. The summed E-state index contributed by atoms with van der Waals surface area (Å²) in [5, 5.41) is 1.80. The van der Waals surface area contributed by atoms with E-state index in [1.807, 2.05) is 0 Å². The van der Waals surface area contributed by atoms with Gasteiger partial charge in [0.15, 0.2) is 0 Å². The molecule has 2 rings (SSSR count). The lowest BCUT2D eigenvalue weighted by Crippen LogP contribution is -2.23. The quantitative estimate of drug-likeness (QED) is 0.735. The van der Waals surface area contributed by atoms with E-state index in [1.54, 1.807) is 6.92 Å². The first-order valence-corrected chi connectivity index (χ1v) is 7.86. The summed E-state index contributed by atoms with van der Waals surface area (Å²) in [4.78, 5) is 11.3. The SMILES string of the molecule is CC(=O)C1CCC(SC2CCCCC2)CC1. The highest BCUT2D eigenvalue weighted by molar-refractivity contribution is 8.00. The summed E-state index contributed by atoms with van der Waals surface area (Å²) in [7, 11) is 0. The molecule has 0 aliphatic heterocycles. The first-order chi connectivity index (χ1) is 7.75. The molecule has 0 N–H and O–H groups in total. The van der Waals surface area contributed by atoms with Crippen LogP contribution >= 0.6 is 11.8 Å². The maximum atomic E-state index is 11.3. The van der Waals surface area contributed by atoms with E-state index < -0.39 is 0 Å². The van der Waals surface area contributed by atoms with Crippen LogP contribution in [-0.4, -0.2) is 16.3 Å². The highest BCUT2D eigenvalue weighted by atomic mass is 32.2. The Bertz CT molecular complexity index is 225. The lowest BCUT2D eigenvalue weighted by atomic mass is 9.86. The predicted molar refractivity (Wildman–Crippen MR) is 70.9 cm³/mol. The lowest BCUT2D eigenvalue weighted by Gasteiger charge is -2.31. The Morgan fingerprint density at radius 3 is 2.00 bits per heavy atom. The van der Waals surface area contributed by atoms with Gasteiger partial charge in [0.05, 0.1) is 0 Å². The Morgan fingerprint density at radius 2 is 1.44 bits per heavy atom. The van der Waals surface area contributed by atoms with Crippen LogP contribution in [-0.2, 0) is 4.79 Å². The summed E-state index contributed by atoms with van der Waals surface area (Å²) in [6, 6.07) is 0. The zero-order valence-electron chi connectivity index (χ0n) is 10.4. The third-order valence-corrected chi connectivity index (χ3v) is 5.90. The Morgan fingerprint density at radius 1 is 0.875 bits per heavy atom. The molecule has 0 aromatic rings. The number of hydrogen-bond acceptors (Lipinski definition) is 2. The molecule has 0 amide bonds. The fraction of sp³-hybridized carbons (Fsp3) is 0.929. The summed E-state index contributed by atoms with van der Waals surface area (Å²) >= 11 is 2.24. The molecule has 0 aromatic carbocycles. The Kier molecular flexibility index (Phi) is 4.75. The average molecular weight is 240 g/mol. The van der Waals surface area contributed by atoms with Gasteiger partial charge in [-0.05, 0) is 45.4 Å². The second kappa shape index (κ2) is 6.09. The summed E-state index contributed by atoms with van der Waals surface area (Å²) in [6.45, 7) is 1.76. The van der Waals surface area contributed by atoms with E-state index >= 15 is 0 Å². The van der Waals surface area contributed by atoms with Crippen molar-refractivity contribution in [1.29, 1.82) is 0 Å². The number of carbonyl (C=O) groups is 1. The molecule has 0 bridgehead atoms. The molecule has 0 unspecified atom stereocenters. The van der Waals surface area contributed by atoms with Crippen molar-refractivity contribution in [1.82, 2.24) is 0 Å². The van der Waals surface area contributed by atoms with Gasteiger partial charge in [0.1, 0.15) is 5.78 Å². The van der Waals surface area contributed by atoms with E-state index in [0.29, 0.717) is 11.7 Å². The number of rotatable bonds is 3. The minimum atomic E-state index is 0.392. The van der Waals surface area contributed by atoms with Gasteiger partial charge in [-0.15, -0.1) is 0 Å². The summed E-state index contributed by atoms with van der Waals surface area (Å²) in [5.74, 6) is 0.810. The predicted octanol–water partition coefficient (Wildman–Crippen LogP) is 4.20. The first kappa shape index (κ1) is 12.5. The molecule has 0 heterocycles. The normalized spacial score (nSPS) is 32.6. The summed E-state index contributed by atoms with van der Waals surface area (Å²) < 4.78 is 0. The maximum absolute atomic E-state index is 11.3. The largest absolute Gasteiger partial charge is 0.300 e. The van der Waals surface area contributed by atoms with Crippen molar-refractivity contribution in [3.63, 3.8) is 0 Å². The smallest absolute Gasteiger partial charge is 0.132 e. The molecule has 0 atom stereocenters. The zero-order valence-corrected chi connectivity index (χ0v) is 11.2. The number of carbonyl (C=O) groups excluding carboxylic acids is 1. The van der Waals surface area contributed by atoms with Crippen LogP contribution in [0.3, 0.4) is 0 Å². The van der Waals surface area contributed by atoms with Crippen molar-refractivity contribution in [2.24, 2.45) is 5.92 Å². The van der Waals surface area contributed by atoms with Gasteiger partial charge in [-0.1, -0.05) is 19.3 Å². The number of thioether (sulfide) groups is 1. The minimum absolute atomic E-state index is 0.392. The van der Waals surface area contributed by atoms with Crippen molar-refractivity contribution in [2.45, 2.75) is 75.2 Å². The van der Waals surface area contributed by atoms with Crippen LogP contribution in [0.1, 0.15) is 64.7 Å². The number of ketones is 1. The monoisotopic (exact) mass is 240 g/mol. The van der Waals surface area contributed by atoms with E-state index in [9.17, 15) is 4.79 Å². The van der Waals surface area contributed by atoms with Gasteiger partial charge in [-0.25, -0.2) is 0 Å². The van der Waals surface area contributed by atoms with Crippen LogP contribution in [0.2, 0.25) is 0 Å². The average Bonchev–Trinajstić information content (AvgIpc) is 2.31. The summed E-state index contributed by atoms with van der Waals surface area (Å²) in [5.41, 5.74) is 0. The van der Waals surface area contributed by atoms with E-state index in [1.165, 1.54) is 44.9 Å². The maximum Gasteiger partial charge on any atom is 0.132 e. The van der Waals surface area contributed by atoms with Crippen molar-refractivity contribution in [2.75, 3.05) is 0 Å². The van der Waals surface area contributed by atoms with Crippen LogP contribution in [0, 0.1) is 5.92 Å². The topological polar surface area (TPSA) is 17.1 Å². The second-order valence-electron chi connectivity index (χ2n) is 5.48. The van der Waals surface area contributed by atoms with Crippen molar-refractivity contribution >= 4 is 17.5 Å². The Labute approximate surface area is 104 Å². The second-order valence-corrected chi connectivity index (χ2v) is 7.09. The van der Waals surface area contributed by atoms with Crippen LogP contribution < -0.4 is 0 Å². The van der Waals surface area contributed by atoms with Gasteiger partial charge in [-0.3, -0.25) is 4.79 Å². The van der Waals surface area contributed by atoms with E-state index in [2.05, 4.69) is 11.8 Å². The molecule has 2 aliphatic rings. The lowest BCUT2D eigenvalue weighted by molar-refractivity contribution is -0.121. The van der Waals surface area contributed by atoms with Gasteiger partial charge in [-0.2, -0.15) is 11.8 Å². The van der Waals surface area contributed by atoms with Crippen molar-refractivity contribution in [3.8, 4) is 0 Å². The molecule has 2 saturated carbocycles. The van der Waals surface area contributed by atoms with E-state index in [-0.39, 0.29) is 0 Å². The zero-order chi connectivity index (χ0) is 11.4. The molecule has 92 valence electrons. The van der Waals surface area contributed by atoms with Crippen LogP contribution in [0.5, 0.6) is 0 Å². The molecule has 16 heavy (non-hydrogen) atoms. The highest BCUT2D eigenvalue weighted by Gasteiger charge is 2.26. The van der Waals surface area contributed by atoms with Gasteiger partial charge in [0.2, 0.25) is 0 Å². The standard InChI is InChI=1S/C14H24OS/c1-11(15)12-7-9-14(10-8-12)16-13-5-3-2-4-6-13/h12-14H,2-10H2,1H3. The number of hydrogen-bond donors (Lipinski definition) is 0. The molecule has 0 radical (unpaired) electrons. The fourth-order valence-electron chi connectivity index (χ4n) is 3.08. The Balaban J connectivity index is 1.70. The van der Waals surface area contributed by atoms with Gasteiger partial charge >= 0.3 is 0 Å². The van der Waals surface area contributed by atoms with Gasteiger partial charge in [0, 0.05) is 16.4 Å². The number of Topliss-reactive ketones (excluding diaryl/α,β-unsaturated/α-hetero) is 1. The molecule has 0 saturated heterocycles. The molecule has 0 aromatic heterocycles. The third kappa shape index (κ3) is 3.51. The van der Waals surface area contributed by atoms with Gasteiger partial charge < -0.3 is 0 Å². The molecule has 1 nitrogen and oxygen atoms in total. The highest BCUT2D eigenvalue weighted by Crippen LogP contribution is 2.38. The molecule has 2 aliphatic carbocycles. The Hall–Kier alpha value is 0.0200.